The Morgan fingerprint density at radius 1 is 0.203 bits per heavy atom. The van der Waals surface area contributed by atoms with Crippen LogP contribution in [0.25, 0.3) is 122 Å². The Morgan fingerprint density at radius 3 is 1.00 bits per heavy atom. The van der Waals surface area contributed by atoms with Gasteiger partial charge in [-0.05, 0) is 84.5 Å². The smallest absolute Gasteiger partial charge is 0.164 e. The van der Waals surface area contributed by atoms with E-state index in [9.17, 15) is 0 Å². The fraction of sp³-hybridized carbons (Fsp3) is 0. The van der Waals surface area contributed by atoms with Crippen LogP contribution in [0.3, 0.4) is 0 Å². The molecule has 2 heterocycles. The normalized spacial score (nSPS) is 11.4. The molecule has 0 unspecified atom stereocenters. The molecule has 12 rings (SSSR count). The molecule has 0 aliphatic heterocycles. The lowest BCUT2D eigenvalue weighted by molar-refractivity contribution is 1.08. The van der Waals surface area contributed by atoms with Crippen LogP contribution in [0.4, 0.5) is 0 Å². The van der Waals surface area contributed by atoms with Gasteiger partial charge in [-0.1, -0.05) is 194 Å². The maximum Gasteiger partial charge on any atom is 0.164 e. The zero-order valence-corrected chi connectivity index (χ0v) is 34.6. The molecule has 0 spiro atoms. The number of hydrogen-bond donors (Lipinski definition) is 0. The highest BCUT2D eigenvalue weighted by atomic mass is 15.0. The Bertz CT molecular complexity index is 3580. The van der Waals surface area contributed by atoms with Crippen LogP contribution in [0.15, 0.2) is 224 Å². The zero-order valence-electron chi connectivity index (χ0n) is 34.6. The molecule has 0 aliphatic carbocycles. The minimum absolute atomic E-state index is 0.626. The summed E-state index contributed by atoms with van der Waals surface area (Å²) in [6.45, 7) is 0. The maximum atomic E-state index is 5.34. The Morgan fingerprint density at radius 2 is 0.547 bits per heavy atom. The van der Waals surface area contributed by atoms with E-state index in [-0.39, 0.29) is 0 Å². The molecule has 12 aromatic rings. The third kappa shape index (κ3) is 6.73. The first-order valence-corrected chi connectivity index (χ1v) is 21.5. The standard InChI is InChI=1S/C59H37N5/c1-3-17-40(18-4-1)56-62-57(41-19-5-2-6-20-41)64-59(63-56)53-34-32-51(47-24-12-14-26-49(47)53)50-31-33-52(48-25-13-11-23-46(48)50)58-60-54(44-29-27-38-15-7-9-21-42(38)35-44)37-55(61-58)45-30-28-39-16-8-10-22-43(39)36-45/h1-37H. The van der Waals surface area contributed by atoms with Gasteiger partial charge in [-0.3, -0.25) is 0 Å². The van der Waals surface area contributed by atoms with Crippen LogP contribution in [-0.2, 0) is 0 Å². The van der Waals surface area contributed by atoms with Gasteiger partial charge in [0.1, 0.15) is 0 Å². The van der Waals surface area contributed by atoms with Crippen molar-refractivity contribution < 1.29 is 0 Å². The molecule has 0 radical (unpaired) electrons. The lowest BCUT2D eigenvalue weighted by atomic mass is 9.90. The maximum absolute atomic E-state index is 5.34. The highest BCUT2D eigenvalue weighted by molar-refractivity contribution is 6.11. The number of rotatable bonds is 7. The van der Waals surface area contributed by atoms with E-state index in [0.29, 0.717) is 23.3 Å². The molecule has 5 heteroatoms. The number of nitrogens with zero attached hydrogens (tertiary/aromatic N) is 5. The quantitative estimate of drug-likeness (QED) is 0.160. The predicted molar refractivity (Wildman–Crippen MR) is 263 cm³/mol. The van der Waals surface area contributed by atoms with Crippen molar-refractivity contribution in [3.05, 3.63) is 224 Å². The molecule has 64 heavy (non-hydrogen) atoms. The molecule has 0 atom stereocenters. The first kappa shape index (κ1) is 37.1. The number of fused-ring (bicyclic) bond motifs is 4. The first-order chi connectivity index (χ1) is 31.7. The molecule has 0 saturated heterocycles. The van der Waals surface area contributed by atoms with Crippen LogP contribution in [0.5, 0.6) is 0 Å². The summed E-state index contributed by atoms with van der Waals surface area (Å²) in [4.78, 5) is 25.8. The van der Waals surface area contributed by atoms with Gasteiger partial charge in [0.2, 0.25) is 0 Å². The average Bonchev–Trinajstić information content (AvgIpc) is 3.38. The molecule has 0 fully saturated rings. The van der Waals surface area contributed by atoms with Crippen LogP contribution in [0.1, 0.15) is 0 Å². The summed E-state index contributed by atoms with van der Waals surface area (Å²) < 4.78 is 0. The average molecular weight is 816 g/mol. The summed E-state index contributed by atoms with van der Waals surface area (Å²) in [6, 6.07) is 78.3. The van der Waals surface area contributed by atoms with Crippen molar-refractivity contribution in [3.8, 4) is 79.2 Å². The van der Waals surface area contributed by atoms with Crippen molar-refractivity contribution >= 4 is 43.1 Å². The van der Waals surface area contributed by atoms with Gasteiger partial charge in [0, 0.05) is 33.4 Å². The second-order valence-corrected chi connectivity index (χ2v) is 16.0. The van der Waals surface area contributed by atoms with E-state index in [1.54, 1.807) is 0 Å². The minimum atomic E-state index is 0.626. The largest absolute Gasteiger partial charge is 0.228 e. The van der Waals surface area contributed by atoms with E-state index in [4.69, 9.17) is 24.9 Å². The lowest BCUT2D eigenvalue weighted by Crippen LogP contribution is -2.00. The number of benzene rings is 10. The highest BCUT2D eigenvalue weighted by Crippen LogP contribution is 2.41. The SMILES string of the molecule is c1ccc(-c2nc(-c3ccccc3)nc(-c3ccc(-c4ccc(-c5nc(-c6ccc7ccccc7c6)cc(-c6ccc7ccccc7c6)n5)c5ccccc45)c4ccccc34)n2)cc1. The van der Waals surface area contributed by atoms with Crippen LogP contribution in [-0.4, -0.2) is 24.9 Å². The highest BCUT2D eigenvalue weighted by Gasteiger charge is 2.19. The Balaban J connectivity index is 1.02. The molecular weight excluding hydrogens is 779 g/mol. The van der Waals surface area contributed by atoms with Gasteiger partial charge in [-0.25, -0.2) is 24.9 Å². The molecule has 0 aliphatic rings. The van der Waals surface area contributed by atoms with Crippen molar-refractivity contribution in [1.82, 2.24) is 24.9 Å². The molecular formula is C59H37N5. The summed E-state index contributed by atoms with van der Waals surface area (Å²) in [5, 5.41) is 9.08. The van der Waals surface area contributed by atoms with E-state index < -0.39 is 0 Å². The second kappa shape index (κ2) is 15.7. The fourth-order valence-electron chi connectivity index (χ4n) is 8.95. The van der Waals surface area contributed by atoms with Gasteiger partial charge in [0.25, 0.3) is 0 Å². The molecule has 0 saturated carbocycles. The molecule has 5 nitrogen and oxygen atoms in total. The van der Waals surface area contributed by atoms with Crippen LogP contribution >= 0.6 is 0 Å². The van der Waals surface area contributed by atoms with Crippen LogP contribution in [0.2, 0.25) is 0 Å². The molecule has 298 valence electrons. The summed E-state index contributed by atoms with van der Waals surface area (Å²) in [7, 11) is 0. The van der Waals surface area contributed by atoms with Crippen molar-refractivity contribution in [1.29, 1.82) is 0 Å². The Hall–Kier alpha value is -8.67. The van der Waals surface area contributed by atoms with Crippen molar-refractivity contribution in [2.75, 3.05) is 0 Å². The van der Waals surface area contributed by atoms with E-state index >= 15 is 0 Å². The topological polar surface area (TPSA) is 64.5 Å². The summed E-state index contributed by atoms with van der Waals surface area (Å²) in [5.41, 5.74) is 9.85. The van der Waals surface area contributed by atoms with Gasteiger partial charge < -0.3 is 0 Å². The van der Waals surface area contributed by atoms with E-state index in [0.717, 1.165) is 77.4 Å². The number of hydrogen-bond acceptors (Lipinski definition) is 5. The zero-order chi connectivity index (χ0) is 42.4. The van der Waals surface area contributed by atoms with Gasteiger partial charge in [-0.15, -0.1) is 0 Å². The van der Waals surface area contributed by atoms with E-state index in [2.05, 4.69) is 164 Å². The van der Waals surface area contributed by atoms with Crippen LogP contribution in [0, 0.1) is 0 Å². The Kier molecular flexibility index (Phi) is 9.08. The monoisotopic (exact) mass is 815 g/mol. The molecule has 2 aromatic heterocycles. The van der Waals surface area contributed by atoms with Gasteiger partial charge >= 0.3 is 0 Å². The van der Waals surface area contributed by atoms with Gasteiger partial charge in [0.05, 0.1) is 11.4 Å². The lowest BCUT2D eigenvalue weighted by Gasteiger charge is -2.16. The Labute approximate surface area is 370 Å². The second-order valence-electron chi connectivity index (χ2n) is 16.0. The molecule has 0 bridgehead atoms. The minimum Gasteiger partial charge on any atom is -0.228 e. The van der Waals surface area contributed by atoms with Crippen molar-refractivity contribution in [2.45, 2.75) is 0 Å². The van der Waals surface area contributed by atoms with Gasteiger partial charge in [0.15, 0.2) is 23.3 Å². The van der Waals surface area contributed by atoms with Crippen LogP contribution < -0.4 is 0 Å². The third-order valence-electron chi connectivity index (χ3n) is 12.1. The molecule has 0 amide bonds. The first-order valence-electron chi connectivity index (χ1n) is 21.5. The van der Waals surface area contributed by atoms with Crippen molar-refractivity contribution in [2.24, 2.45) is 0 Å². The van der Waals surface area contributed by atoms with Crippen molar-refractivity contribution in [3.63, 3.8) is 0 Å². The summed E-state index contributed by atoms with van der Waals surface area (Å²) in [6.07, 6.45) is 0. The predicted octanol–water partition coefficient (Wildman–Crippen LogP) is 14.9. The fourth-order valence-corrected chi connectivity index (χ4v) is 8.95. The third-order valence-corrected chi connectivity index (χ3v) is 12.1. The summed E-state index contributed by atoms with van der Waals surface area (Å²) >= 11 is 0. The molecule has 10 aromatic carbocycles. The molecule has 0 N–H and O–H groups in total. The van der Waals surface area contributed by atoms with E-state index in [1.165, 1.54) is 21.5 Å². The number of aromatic nitrogens is 5. The summed E-state index contributed by atoms with van der Waals surface area (Å²) in [5.74, 6) is 2.57. The van der Waals surface area contributed by atoms with Gasteiger partial charge in [-0.2, -0.15) is 0 Å². The van der Waals surface area contributed by atoms with E-state index in [1.807, 2.05) is 60.7 Å².